The minimum atomic E-state index is -4.65. The molecule has 0 spiro atoms. The van der Waals surface area contributed by atoms with Crippen molar-refractivity contribution in [2.24, 2.45) is 5.92 Å². The van der Waals surface area contributed by atoms with Crippen LogP contribution in [0.1, 0.15) is 18.4 Å². The van der Waals surface area contributed by atoms with Crippen molar-refractivity contribution >= 4 is 12.4 Å². The summed E-state index contributed by atoms with van der Waals surface area (Å²) < 4.78 is 41.4. The first-order valence-electron chi connectivity index (χ1n) is 7.18. The molecule has 1 unspecified atom stereocenters. The largest absolute Gasteiger partial charge is 0.573 e. The molecule has 1 aromatic rings. The molecule has 0 radical (unpaired) electrons. The SMILES string of the molecule is CNCC1CCCN(Cc2ccccc2OC(F)(F)F)C1.Cl. The van der Waals surface area contributed by atoms with E-state index in [1.165, 1.54) is 6.07 Å². The zero-order chi connectivity index (χ0) is 15.3. The Labute approximate surface area is 135 Å². The summed E-state index contributed by atoms with van der Waals surface area (Å²) in [5, 5.41) is 3.16. The molecule has 1 aromatic carbocycles. The van der Waals surface area contributed by atoms with Crippen molar-refractivity contribution in [2.75, 3.05) is 26.7 Å². The van der Waals surface area contributed by atoms with E-state index in [-0.39, 0.29) is 18.2 Å². The molecular formula is C15H22ClF3N2O. The zero-order valence-electron chi connectivity index (χ0n) is 12.5. The van der Waals surface area contributed by atoms with Crippen molar-refractivity contribution in [1.82, 2.24) is 10.2 Å². The second-order valence-corrected chi connectivity index (χ2v) is 5.46. The van der Waals surface area contributed by atoms with Gasteiger partial charge in [0.2, 0.25) is 0 Å². The number of rotatable bonds is 5. The average Bonchev–Trinajstić information content (AvgIpc) is 2.40. The average molecular weight is 339 g/mol. The highest BCUT2D eigenvalue weighted by Crippen LogP contribution is 2.28. The van der Waals surface area contributed by atoms with Crippen LogP contribution in [0.2, 0.25) is 0 Å². The van der Waals surface area contributed by atoms with Gasteiger partial charge in [0.05, 0.1) is 0 Å². The van der Waals surface area contributed by atoms with Gasteiger partial charge in [0, 0.05) is 18.7 Å². The number of para-hydroxylation sites is 1. The van der Waals surface area contributed by atoms with Gasteiger partial charge >= 0.3 is 6.36 Å². The van der Waals surface area contributed by atoms with Crippen LogP contribution < -0.4 is 10.1 Å². The van der Waals surface area contributed by atoms with Gasteiger partial charge in [-0.1, -0.05) is 18.2 Å². The summed E-state index contributed by atoms with van der Waals surface area (Å²) in [5.74, 6) is 0.459. The molecule has 126 valence electrons. The quantitative estimate of drug-likeness (QED) is 0.890. The third-order valence-corrected chi connectivity index (χ3v) is 3.69. The molecule has 7 heteroatoms. The van der Waals surface area contributed by atoms with Crippen LogP contribution in [0.5, 0.6) is 5.75 Å². The summed E-state index contributed by atoms with van der Waals surface area (Å²) >= 11 is 0. The van der Waals surface area contributed by atoms with Gasteiger partial charge in [-0.3, -0.25) is 4.90 Å². The summed E-state index contributed by atoms with van der Waals surface area (Å²) in [6.45, 7) is 3.26. The minimum Gasteiger partial charge on any atom is -0.405 e. The zero-order valence-corrected chi connectivity index (χ0v) is 13.3. The number of hydrogen-bond acceptors (Lipinski definition) is 3. The lowest BCUT2D eigenvalue weighted by Crippen LogP contribution is -2.38. The molecule has 1 fully saturated rings. The highest BCUT2D eigenvalue weighted by Gasteiger charge is 2.32. The number of piperidine rings is 1. The summed E-state index contributed by atoms with van der Waals surface area (Å²) in [7, 11) is 1.92. The number of benzene rings is 1. The monoisotopic (exact) mass is 338 g/mol. The fourth-order valence-corrected chi connectivity index (χ4v) is 2.85. The summed E-state index contributed by atoms with van der Waals surface area (Å²) in [5.41, 5.74) is 0.583. The van der Waals surface area contributed by atoms with Gasteiger partial charge in [0.1, 0.15) is 5.75 Å². The minimum absolute atomic E-state index is 0. The Morgan fingerprint density at radius 3 is 2.73 bits per heavy atom. The van der Waals surface area contributed by atoms with Gasteiger partial charge < -0.3 is 10.1 Å². The number of nitrogens with zero attached hydrogens (tertiary/aromatic N) is 1. The van der Waals surface area contributed by atoms with Gasteiger partial charge in [-0.05, 0) is 45.0 Å². The van der Waals surface area contributed by atoms with E-state index in [2.05, 4.69) is 15.0 Å². The Morgan fingerprint density at radius 2 is 2.05 bits per heavy atom. The molecule has 1 N–H and O–H groups in total. The number of likely N-dealkylation sites (tertiary alicyclic amines) is 1. The standard InChI is InChI=1S/C15H21F3N2O.ClH/c1-19-9-12-5-4-8-20(10-12)11-13-6-2-3-7-14(13)21-15(16,17)18;/h2-3,6-7,12,19H,4-5,8-11H2,1H3;1H. The van der Waals surface area contributed by atoms with Crippen LogP contribution in [-0.2, 0) is 6.54 Å². The van der Waals surface area contributed by atoms with Gasteiger partial charge in [0.15, 0.2) is 0 Å². The third kappa shape index (κ3) is 6.02. The molecule has 22 heavy (non-hydrogen) atoms. The maximum atomic E-state index is 12.4. The van der Waals surface area contributed by atoms with E-state index in [1.807, 2.05) is 7.05 Å². The first kappa shape index (κ1) is 19.1. The van der Waals surface area contributed by atoms with Crippen molar-refractivity contribution in [3.63, 3.8) is 0 Å². The van der Waals surface area contributed by atoms with E-state index < -0.39 is 6.36 Å². The lowest BCUT2D eigenvalue weighted by Gasteiger charge is -2.33. The van der Waals surface area contributed by atoms with Crippen molar-refractivity contribution in [1.29, 1.82) is 0 Å². The molecule has 0 amide bonds. The smallest absolute Gasteiger partial charge is 0.405 e. The molecule has 1 aliphatic rings. The number of hydrogen-bond donors (Lipinski definition) is 1. The van der Waals surface area contributed by atoms with Gasteiger partial charge in [0.25, 0.3) is 0 Å². The fourth-order valence-electron chi connectivity index (χ4n) is 2.85. The van der Waals surface area contributed by atoms with Crippen LogP contribution >= 0.6 is 12.4 Å². The second-order valence-electron chi connectivity index (χ2n) is 5.46. The Bertz CT molecular complexity index is 455. The normalized spacial score (nSPS) is 19.5. The predicted octanol–water partition coefficient (Wildman–Crippen LogP) is 3.44. The molecular weight excluding hydrogens is 317 g/mol. The maximum Gasteiger partial charge on any atom is 0.573 e. The number of nitrogens with one attached hydrogen (secondary N) is 1. The van der Waals surface area contributed by atoms with Gasteiger partial charge in [-0.2, -0.15) is 0 Å². The van der Waals surface area contributed by atoms with Crippen LogP contribution in [0.15, 0.2) is 24.3 Å². The summed E-state index contributed by atoms with van der Waals surface area (Å²) in [4.78, 5) is 2.20. The second kappa shape index (κ2) is 8.60. The number of alkyl halides is 3. The third-order valence-electron chi connectivity index (χ3n) is 3.69. The van der Waals surface area contributed by atoms with E-state index in [1.54, 1.807) is 18.2 Å². The van der Waals surface area contributed by atoms with Gasteiger partial charge in [-0.15, -0.1) is 25.6 Å². The van der Waals surface area contributed by atoms with Crippen LogP contribution in [-0.4, -0.2) is 37.9 Å². The Kier molecular flexibility index (Phi) is 7.45. The molecule has 1 atom stereocenters. The van der Waals surface area contributed by atoms with E-state index >= 15 is 0 Å². The van der Waals surface area contributed by atoms with Crippen molar-refractivity contribution in [2.45, 2.75) is 25.7 Å². The highest BCUT2D eigenvalue weighted by atomic mass is 35.5. The van der Waals surface area contributed by atoms with Crippen LogP contribution in [0.25, 0.3) is 0 Å². The first-order valence-corrected chi connectivity index (χ1v) is 7.18. The molecule has 0 aliphatic carbocycles. The number of ether oxygens (including phenoxy) is 1. The number of halogens is 4. The Morgan fingerprint density at radius 1 is 1.32 bits per heavy atom. The van der Waals surface area contributed by atoms with Crippen LogP contribution in [0.3, 0.4) is 0 Å². The topological polar surface area (TPSA) is 24.5 Å². The fraction of sp³-hybridized carbons (Fsp3) is 0.600. The van der Waals surface area contributed by atoms with Gasteiger partial charge in [-0.25, -0.2) is 0 Å². The maximum absolute atomic E-state index is 12.4. The first-order chi connectivity index (χ1) is 9.98. The van der Waals surface area contributed by atoms with Crippen LogP contribution in [0.4, 0.5) is 13.2 Å². The lowest BCUT2D eigenvalue weighted by atomic mass is 9.97. The Balaban J connectivity index is 0.00000242. The lowest BCUT2D eigenvalue weighted by molar-refractivity contribution is -0.275. The van der Waals surface area contributed by atoms with Crippen molar-refractivity contribution < 1.29 is 17.9 Å². The van der Waals surface area contributed by atoms with Crippen LogP contribution in [0, 0.1) is 5.92 Å². The Hall–Kier alpha value is -0.980. The molecule has 1 saturated heterocycles. The predicted molar refractivity (Wildman–Crippen MR) is 82.3 cm³/mol. The summed E-state index contributed by atoms with van der Waals surface area (Å²) in [6, 6.07) is 6.37. The summed E-state index contributed by atoms with van der Waals surface area (Å²) in [6.07, 6.45) is -2.40. The molecule has 0 saturated carbocycles. The van der Waals surface area contributed by atoms with E-state index in [0.29, 0.717) is 18.0 Å². The van der Waals surface area contributed by atoms with E-state index in [9.17, 15) is 13.2 Å². The molecule has 1 aliphatic heterocycles. The molecule has 1 heterocycles. The van der Waals surface area contributed by atoms with Crippen molar-refractivity contribution in [3.05, 3.63) is 29.8 Å². The van der Waals surface area contributed by atoms with Crippen molar-refractivity contribution in [3.8, 4) is 5.75 Å². The highest BCUT2D eigenvalue weighted by molar-refractivity contribution is 5.85. The molecule has 3 nitrogen and oxygen atoms in total. The molecule has 0 aromatic heterocycles. The molecule has 0 bridgehead atoms. The molecule has 2 rings (SSSR count). The van der Waals surface area contributed by atoms with E-state index in [4.69, 9.17) is 0 Å². The van der Waals surface area contributed by atoms with E-state index in [0.717, 1.165) is 32.5 Å².